The molecule has 2 amide bonds. The van der Waals surface area contributed by atoms with Crippen molar-refractivity contribution in [3.05, 3.63) is 130 Å². The van der Waals surface area contributed by atoms with Gasteiger partial charge in [0.05, 0.1) is 31.0 Å². The fourth-order valence-corrected chi connectivity index (χ4v) is 6.90. The number of likely N-dealkylation sites (tertiary alicyclic amines) is 1. The molecule has 2 aliphatic heterocycles. The molecule has 0 bridgehead atoms. The first kappa shape index (κ1) is 37.5. The van der Waals surface area contributed by atoms with Gasteiger partial charge in [0.25, 0.3) is 0 Å². The molecule has 0 saturated carbocycles. The minimum atomic E-state index is -0.880. The van der Waals surface area contributed by atoms with E-state index in [9.17, 15) is 19.8 Å². The van der Waals surface area contributed by atoms with Crippen molar-refractivity contribution in [2.24, 2.45) is 0 Å². The van der Waals surface area contributed by atoms with Crippen molar-refractivity contribution in [2.45, 2.75) is 63.4 Å². The van der Waals surface area contributed by atoms with Crippen molar-refractivity contribution in [3.8, 4) is 11.1 Å². The number of carbonyl (C=O) groups excluding carboxylic acids is 2. The Balaban J connectivity index is 1.11. The highest BCUT2D eigenvalue weighted by atomic mass is 35.5. The molecule has 2 saturated heterocycles. The van der Waals surface area contributed by atoms with Crippen LogP contribution in [0.25, 0.3) is 11.1 Å². The largest absolute Gasteiger partial charge is 0.465 e. The number of aliphatic hydroxyl groups is 2. The lowest BCUT2D eigenvalue weighted by Crippen LogP contribution is -2.46. The van der Waals surface area contributed by atoms with Gasteiger partial charge in [-0.25, -0.2) is 4.79 Å². The van der Waals surface area contributed by atoms with Crippen LogP contribution < -0.4 is 10.6 Å². The van der Waals surface area contributed by atoms with Crippen LogP contribution in [0.3, 0.4) is 0 Å². The van der Waals surface area contributed by atoms with Crippen molar-refractivity contribution < 1.29 is 34.0 Å². The predicted molar refractivity (Wildman–Crippen MR) is 198 cm³/mol. The molecule has 0 spiro atoms. The maximum absolute atomic E-state index is 12.2. The van der Waals surface area contributed by atoms with Gasteiger partial charge in [-0.2, -0.15) is 0 Å². The normalized spacial score (nSPS) is 20.2. The number of rotatable bonds is 12. The summed E-state index contributed by atoms with van der Waals surface area (Å²) in [6, 6.07) is 30.9. The van der Waals surface area contributed by atoms with Crippen molar-refractivity contribution in [1.82, 2.24) is 15.5 Å². The molecule has 0 radical (unpaired) electrons. The summed E-state index contributed by atoms with van der Waals surface area (Å²) >= 11 is 6.09. The van der Waals surface area contributed by atoms with Crippen LogP contribution in [-0.4, -0.2) is 66.0 Å². The van der Waals surface area contributed by atoms with Crippen LogP contribution in [0.2, 0.25) is 5.02 Å². The Kier molecular flexibility index (Phi) is 12.6. The number of esters is 1. The quantitative estimate of drug-likeness (QED) is 0.124. The second-order valence-electron chi connectivity index (χ2n) is 13.4. The van der Waals surface area contributed by atoms with Gasteiger partial charge < -0.3 is 40.0 Å². The van der Waals surface area contributed by atoms with E-state index in [0.29, 0.717) is 37.4 Å². The Morgan fingerprint density at radius 1 is 0.885 bits per heavy atom. The molecule has 274 valence electrons. The molecule has 2 aliphatic rings. The zero-order valence-corrected chi connectivity index (χ0v) is 30.1. The topological polar surface area (TPSA) is 130 Å². The zero-order valence-electron chi connectivity index (χ0n) is 29.3. The van der Waals surface area contributed by atoms with Gasteiger partial charge in [-0.1, -0.05) is 90.5 Å². The van der Waals surface area contributed by atoms with Crippen molar-refractivity contribution >= 4 is 23.6 Å². The average Bonchev–Trinajstić information content (AvgIpc) is 3.17. The summed E-state index contributed by atoms with van der Waals surface area (Å²) in [4.78, 5) is 26.0. The van der Waals surface area contributed by atoms with E-state index in [-0.39, 0.29) is 32.0 Å². The van der Waals surface area contributed by atoms with Crippen LogP contribution in [0, 0.1) is 0 Å². The lowest BCUT2D eigenvalue weighted by atomic mass is 9.84. The highest BCUT2D eigenvalue weighted by molar-refractivity contribution is 6.30. The number of urea groups is 1. The maximum Gasteiger partial charge on any atom is 0.325 e. The lowest BCUT2D eigenvalue weighted by molar-refractivity contribution is -0.253. The number of benzene rings is 4. The summed E-state index contributed by atoms with van der Waals surface area (Å²) < 4.78 is 18.1. The summed E-state index contributed by atoms with van der Waals surface area (Å²) in [6.45, 7) is 4.25. The van der Waals surface area contributed by atoms with E-state index >= 15 is 0 Å². The second-order valence-corrected chi connectivity index (χ2v) is 13.8. The van der Waals surface area contributed by atoms with E-state index in [0.717, 1.165) is 52.0 Å². The van der Waals surface area contributed by atoms with Crippen molar-refractivity contribution in [3.63, 3.8) is 0 Å². The molecule has 6 rings (SSSR count). The molecule has 4 aromatic rings. The molecule has 2 heterocycles. The summed E-state index contributed by atoms with van der Waals surface area (Å²) in [7, 11) is 0. The number of nitrogens with zero attached hydrogens (tertiary/aromatic N) is 1. The molecular weight excluding hydrogens is 682 g/mol. The minimum Gasteiger partial charge on any atom is -0.465 e. The molecule has 2 fully saturated rings. The number of carbonyl (C=O) groups is 2. The zero-order chi connectivity index (χ0) is 36.5. The monoisotopic (exact) mass is 727 g/mol. The van der Waals surface area contributed by atoms with Crippen LogP contribution in [0.1, 0.15) is 66.4 Å². The van der Waals surface area contributed by atoms with E-state index in [1.54, 1.807) is 6.92 Å². The molecule has 3 atom stereocenters. The molecule has 4 aromatic carbocycles. The number of ether oxygens (including phenoxy) is 3. The summed E-state index contributed by atoms with van der Waals surface area (Å²) in [5.41, 5.74) is 5.70. The highest BCUT2D eigenvalue weighted by Gasteiger charge is 2.37. The van der Waals surface area contributed by atoms with Gasteiger partial charge in [-0.3, -0.25) is 4.79 Å². The smallest absolute Gasteiger partial charge is 0.325 e. The average molecular weight is 728 g/mol. The fourth-order valence-electron chi connectivity index (χ4n) is 6.78. The Morgan fingerprint density at radius 3 is 2.29 bits per heavy atom. The van der Waals surface area contributed by atoms with E-state index in [1.807, 2.05) is 97.1 Å². The van der Waals surface area contributed by atoms with Crippen molar-refractivity contribution in [2.75, 3.05) is 32.8 Å². The Morgan fingerprint density at radius 2 is 1.60 bits per heavy atom. The van der Waals surface area contributed by atoms with E-state index < -0.39 is 23.9 Å². The third-order valence-electron chi connectivity index (χ3n) is 9.74. The molecule has 0 aromatic heterocycles. The Labute approximate surface area is 309 Å². The van der Waals surface area contributed by atoms with Gasteiger partial charge in [0.1, 0.15) is 6.54 Å². The van der Waals surface area contributed by atoms with Crippen LogP contribution in [0.4, 0.5) is 4.79 Å². The summed E-state index contributed by atoms with van der Waals surface area (Å²) in [5.74, 6) is -0.485. The predicted octanol–water partition coefficient (Wildman–Crippen LogP) is 6.39. The molecule has 11 heteroatoms. The molecular formula is C41H46ClN3O7. The van der Waals surface area contributed by atoms with Crippen LogP contribution >= 0.6 is 11.6 Å². The third kappa shape index (κ3) is 9.77. The number of halogens is 1. The third-order valence-corrected chi connectivity index (χ3v) is 9.99. The van der Waals surface area contributed by atoms with Gasteiger partial charge in [0.2, 0.25) is 0 Å². The number of aliphatic hydroxyl groups excluding tert-OH is 1. The van der Waals surface area contributed by atoms with Gasteiger partial charge >= 0.3 is 12.0 Å². The molecule has 10 nitrogen and oxygen atoms in total. The number of hydrogen-bond donors (Lipinski definition) is 4. The first-order valence-corrected chi connectivity index (χ1v) is 18.2. The van der Waals surface area contributed by atoms with Crippen LogP contribution in [0.15, 0.2) is 97.1 Å². The molecule has 0 aliphatic carbocycles. The standard InChI is InChI=1S/C41H46ClN3O7/c1-2-50-38(47)25-44-40(48)43-24-29-4-3-5-33(22-29)30-10-12-32(13-11-30)39-51-36(23-37(52-39)31-8-6-28(27-46)7-9-31)26-45-20-18-41(49,19-21-45)34-14-16-35(42)17-15-34/h3-17,22,36-37,39,46,49H,2,18-21,23-27H2,1H3,(H2,43,44,48). The molecule has 3 unspecified atom stereocenters. The number of nitrogens with one attached hydrogen (secondary N) is 2. The maximum atomic E-state index is 12.2. The van der Waals surface area contributed by atoms with Gasteiger partial charge in [0, 0.05) is 43.2 Å². The van der Waals surface area contributed by atoms with Gasteiger partial charge in [-0.15, -0.1) is 0 Å². The van der Waals surface area contributed by atoms with Crippen LogP contribution in [-0.2, 0) is 37.8 Å². The SMILES string of the molecule is CCOC(=O)CNC(=O)NCc1cccc(-c2ccc(C3OC(CN4CCC(O)(c5ccc(Cl)cc5)CC4)CC(c4ccc(CO)cc4)O3)cc2)c1. The first-order chi connectivity index (χ1) is 25.2. The Bertz CT molecular complexity index is 1780. The van der Waals surface area contributed by atoms with E-state index in [4.69, 9.17) is 25.8 Å². The first-order valence-electron chi connectivity index (χ1n) is 17.8. The van der Waals surface area contributed by atoms with E-state index in [2.05, 4.69) is 15.5 Å². The number of hydrogen-bond acceptors (Lipinski definition) is 8. The number of piperidine rings is 1. The second kappa shape index (κ2) is 17.5. The molecule has 4 N–H and O–H groups in total. The summed E-state index contributed by atoms with van der Waals surface area (Å²) in [5, 5.41) is 26.9. The van der Waals surface area contributed by atoms with Gasteiger partial charge in [0.15, 0.2) is 6.29 Å². The molecule has 52 heavy (non-hydrogen) atoms. The Hall–Kier alpha value is -4.29. The minimum absolute atomic E-state index is 0.0181. The highest BCUT2D eigenvalue weighted by Crippen LogP contribution is 2.40. The van der Waals surface area contributed by atoms with E-state index in [1.165, 1.54) is 0 Å². The number of amides is 2. The van der Waals surface area contributed by atoms with Crippen molar-refractivity contribution in [1.29, 1.82) is 0 Å². The summed E-state index contributed by atoms with van der Waals surface area (Å²) in [6.07, 6.45) is 1.01. The van der Waals surface area contributed by atoms with Gasteiger partial charge in [-0.05, 0) is 71.3 Å². The lowest BCUT2D eigenvalue weighted by Gasteiger charge is -2.42. The fraction of sp³-hybridized carbons (Fsp3) is 0.366. The van der Waals surface area contributed by atoms with Crippen LogP contribution in [0.5, 0.6) is 0 Å².